The second-order valence-electron chi connectivity index (χ2n) is 4.14. The molecule has 0 aliphatic carbocycles. The van der Waals surface area contributed by atoms with Crippen molar-refractivity contribution in [3.05, 3.63) is 40.4 Å². The van der Waals surface area contributed by atoms with Crippen LogP contribution in [0.5, 0.6) is 5.75 Å². The van der Waals surface area contributed by atoms with Gasteiger partial charge in [0, 0.05) is 18.2 Å². The molecule has 0 bridgehead atoms. The number of benzene rings is 1. The van der Waals surface area contributed by atoms with E-state index in [1.807, 2.05) is 31.2 Å². The molecule has 17 heavy (non-hydrogen) atoms. The number of allylic oxidation sites excluding steroid dienone is 1. The first-order chi connectivity index (χ1) is 8.15. The maximum atomic E-state index is 5.77. The van der Waals surface area contributed by atoms with E-state index >= 15 is 0 Å². The fourth-order valence-corrected chi connectivity index (χ4v) is 1.92. The van der Waals surface area contributed by atoms with Crippen LogP contribution in [0.25, 0.3) is 0 Å². The Bertz CT molecular complexity index is 374. The molecular formula is C14H20BrNO. The van der Waals surface area contributed by atoms with Gasteiger partial charge in [-0.25, -0.2) is 0 Å². The number of nitrogens with one attached hydrogen (secondary N) is 1. The normalized spacial score (nSPS) is 11.4. The second-order valence-corrected chi connectivity index (χ2v) is 5.00. The Morgan fingerprint density at radius 3 is 2.82 bits per heavy atom. The molecule has 0 aromatic heterocycles. The van der Waals surface area contributed by atoms with Gasteiger partial charge in [0.2, 0.25) is 0 Å². The predicted molar refractivity (Wildman–Crippen MR) is 76.4 cm³/mol. The molecule has 3 heteroatoms. The van der Waals surface area contributed by atoms with Gasteiger partial charge < -0.3 is 10.1 Å². The minimum atomic E-state index is 0.470. The van der Waals surface area contributed by atoms with Gasteiger partial charge in [-0.1, -0.05) is 38.1 Å². The number of hydrogen-bond acceptors (Lipinski definition) is 2. The summed E-state index contributed by atoms with van der Waals surface area (Å²) < 4.78 is 6.77. The van der Waals surface area contributed by atoms with E-state index in [2.05, 4.69) is 41.2 Å². The van der Waals surface area contributed by atoms with Crippen molar-refractivity contribution in [3.8, 4) is 5.75 Å². The molecule has 0 spiro atoms. The summed E-state index contributed by atoms with van der Waals surface area (Å²) in [7, 11) is 0. The van der Waals surface area contributed by atoms with Crippen LogP contribution in [0.15, 0.2) is 34.8 Å². The lowest BCUT2D eigenvalue weighted by Gasteiger charge is -2.14. The van der Waals surface area contributed by atoms with Gasteiger partial charge in [-0.2, -0.15) is 0 Å². The highest BCUT2D eigenvalue weighted by Crippen LogP contribution is 2.29. The van der Waals surface area contributed by atoms with Crippen LogP contribution < -0.4 is 10.1 Å². The van der Waals surface area contributed by atoms with Crippen molar-refractivity contribution in [2.75, 3.05) is 6.61 Å². The smallest absolute Gasteiger partial charge is 0.138 e. The average molecular weight is 298 g/mol. The van der Waals surface area contributed by atoms with Crippen LogP contribution >= 0.6 is 15.9 Å². The number of halogens is 1. The van der Waals surface area contributed by atoms with Crippen LogP contribution in [0.1, 0.15) is 26.3 Å². The maximum absolute atomic E-state index is 5.77. The highest BCUT2D eigenvalue weighted by Gasteiger charge is 2.07. The lowest BCUT2D eigenvalue weighted by atomic mass is 10.2. The average Bonchev–Trinajstić information content (AvgIpc) is 2.29. The zero-order chi connectivity index (χ0) is 12.7. The summed E-state index contributed by atoms with van der Waals surface area (Å²) in [4.78, 5) is 0. The summed E-state index contributed by atoms with van der Waals surface area (Å²) in [5, 5.41) is 3.40. The van der Waals surface area contributed by atoms with E-state index in [9.17, 15) is 0 Å². The van der Waals surface area contributed by atoms with Gasteiger partial charge in [-0.3, -0.25) is 0 Å². The molecule has 0 fully saturated rings. The molecule has 0 unspecified atom stereocenters. The molecule has 2 nitrogen and oxygen atoms in total. The summed E-state index contributed by atoms with van der Waals surface area (Å²) in [6, 6.07) is 6.59. The maximum Gasteiger partial charge on any atom is 0.138 e. The molecule has 0 aliphatic rings. The van der Waals surface area contributed by atoms with Gasteiger partial charge in [0.15, 0.2) is 0 Å². The van der Waals surface area contributed by atoms with Gasteiger partial charge in [0.05, 0.1) is 4.47 Å². The zero-order valence-electron chi connectivity index (χ0n) is 10.7. The molecule has 0 saturated heterocycles. The summed E-state index contributed by atoms with van der Waals surface area (Å²) in [6.45, 7) is 7.69. The molecule has 0 amide bonds. The van der Waals surface area contributed by atoms with E-state index in [1.165, 1.54) is 5.56 Å². The molecule has 1 aromatic carbocycles. The first-order valence-corrected chi connectivity index (χ1v) is 6.69. The first kappa shape index (κ1) is 14.3. The Morgan fingerprint density at radius 1 is 1.41 bits per heavy atom. The van der Waals surface area contributed by atoms with Gasteiger partial charge in [-0.05, 0) is 28.9 Å². The number of hydrogen-bond donors (Lipinski definition) is 1. The topological polar surface area (TPSA) is 21.3 Å². The summed E-state index contributed by atoms with van der Waals surface area (Å²) in [6.07, 6.45) is 3.99. The Morgan fingerprint density at radius 2 is 2.18 bits per heavy atom. The quantitative estimate of drug-likeness (QED) is 0.804. The summed E-state index contributed by atoms with van der Waals surface area (Å²) >= 11 is 3.53. The summed E-state index contributed by atoms with van der Waals surface area (Å²) in [5.41, 5.74) is 1.18. The molecule has 1 rings (SSSR count). The Balaban J connectivity index is 2.76. The second kappa shape index (κ2) is 7.51. The van der Waals surface area contributed by atoms with E-state index in [1.54, 1.807) is 0 Å². The fraction of sp³-hybridized carbons (Fsp3) is 0.429. The lowest BCUT2D eigenvalue weighted by Crippen LogP contribution is -2.22. The Labute approximate surface area is 112 Å². The molecule has 0 saturated carbocycles. The number of ether oxygens (including phenoxy) is 1. The van der Waals surface area contributed by atoms with Gasteiger partial charge >= 0.3 is 0 Å². The largest absolute Gasteiger partial charge is 0.488 e. The molecule has 0 atom stereocenters. The predicted octanol–water partition coefficient (Wildman–Crippen LogP) is 3.90. The SMILES string of the molecule is CC=CCOc1c(Br)cccc1CNC(C)C. The van der Waals surface area contributed by atoms with E-state index in [0.717, 1.165) is 16.8 Å². The first-order valence-electron chi connectivity index (χ1n) is 5.90. The fourth-order valence-electron chi connectivity index (χ4n) is 1.40. The van der Waals surface area contributed by atoms with E-state index < -0.39 is 0 Å². The number of para-hydroxylation sites is 1. The molecular weight excluding hydrogens is 278 g/mol. The monoisotopic (exact) mass is 297 g/mol. The molecule has 0 radical (unpaired) electrons. The third-order valence-corrected chi connectivity index (χ3v) is 2.93. The van der Waals surface area contributed by atoms with Crippen molar-refractivity contribution in [1.82, 2.24) is 5.32 Å². The minimum absolute atomic E-state index is 0.470. The molecule has 0 aliphatic heterocycles. The Hall–Kier alpha value is -0.800. The standard InChI is InChI=1S/C14H20BrNO/c1-4-5-9-17-14-12(10-16-11(2)3)7-6-8-13(14)15/h4-8,11,16H,9-10H2,1-3H3. The van der Waals surface area contributed by atoms with Crippen LogP contribution in [-0.2, 0) is 6.54 Å². The molecule has 0 heterocycles. The van der Waals surface area contributed by atoms with Crippen molar-refractivity contribution in [1.29, 1.82) is 0 Å². The van der Waals surface area contributed by atoms with E-state index in [0.29, 0.717) is 12.6 Å². The van der Waals surface area contributed by atoms with Crippen molar-refractivity contribution < 1.29 is 4.74 Å². The van der Waals surface area contributed by atoms with Crippen LogP contribution in [0, 0.1) is 0 Å². The minimum Gasteiger partial charge on any atom is -0.488 e. The zero-order valence-corrected chi connectivity index (χ0v) is 12.3. The third kappa shape index (κ3) is 4.92. The van der Waals surface area contributed by atoms with Crippen molar-refractivity contribution in [2.24, 2.45) is 0 Å². The van der Waals surface area contributed by atoms with Crippen LogP contribution in [-0.4, -0.2) is 12.6 Å². The molecule has 1 N–H and O–H groups in total. The van der Waals surface area contributed by atoms with Crippen molar-refractivity contribution >= 4 is 15.9 Å². The summed E-state index contributed by atoms with van der Waals surface area (Å²) in [5.74, 6) is 0.929. The lowest BCUT2D eigenvalue weighted by molar-refractivity contribution is 0.354. The highest BCUT2D eigenvalue weighted by molar-refractivity contribution is 9.10. The van der Waals surface area contributed by atoms with Gasteiger partial charge in [0.25, 0.3) is 0 Å². The van der Waals surface area contributed by atoms with Crippen LogP contribution in [0.2, 0.25) is 0 Å². The molecule has 1 aromatic rings. The highest BCUT2D eigenvalue weighted by atomic mass is 79.9. The van der Waals surface area contributed by atoms with E-state index in [4.69, 9.17) is 4.74 Å². The van der Waals surface area contributed by atoms with Gasteiger partial charge in [-0.15, -0.1) is 0 Å². The number of rotatable bonds is 6. The van der Waals surface area contributed by atoms with Gasteiger partial charge in [0.1, 0.15) is 12.4 Å². The van der Waals surface area contributed by atoms with Crippen molar-refractivity contribution in [2.45, 2.75) is 33.4 Å². The molecule has 94 valence electrons. The van der Waals surface area contributed by atoms with Crippen LogP contribution in [0.3, 0.4) is 0 Å². The van der Waals surface area contributed by atoms with Crippen LogP contribution in [0.4, 0.5) is 0 Å². The van der Waals surface area contributed by atoms with Crippen molar-refractivity contribution in [3.63, 3.8) is 0 Å². The Kier molecular flexibility index (Phi) is 6.30. The van der Waals surface area contributed by atoms with E-state index in [-0.39, 0.29) is 0 Å². The third-order valence-electron chi connectivity index (χ3n) is 2.31.